The summed E-state index contributed by atoms with van der Waals surface area (Å²) in [6.45, 7) is -1.39. The fourth-order valence-corrected chi connectivity index (χ4v) is 1.50. The van der Waals surface area contributed by atoms with Crippen molar-refractivity contribution >= 4 is 16.6 Å². The fourth-order valence-electron chi connectivity index (χ4n) is 1.50. The van der Waals surface area contributed by atoms with Gasteiger partial charge in [-0.05, 0) is 24.3 Å². The molecule has 2 rings (SSSR count). The lowest BCUT2D eigenvalue weighted by molar-refractivity contribution is -0.148. The van der Waals surface area contributed by atoms with Gasteiger partial charge in [-0.1, -0.05) is 0 Å². The van der Waals surface area contributed by atoms with Gasteiger partial charge in [0.05, 0.1) is 5.52 Å². The number of nitrogens with two attached hydrogens (primary N) is 1. The Morgan fingerprint density at radius 1 is 1.26 bits per heavy atom. The van der Waals surface area contributed by atoms with E-state index < -0.39 is 19.0 Å². The SMILES string of the molecule is Nc1ccc2c(OCC(F)(F)C(F)F)ccnc2c1. The molecule has 0 spiro atoms. The van der Waals surface area contributed by atoms with Crippen molar-refractivity contribution in [3.8, 4) is 5.75 Å². The molecule has 0 unspecified atom stereocenters. The van der Waals surface area contributed by atoms with Crippen molar-refractivity contribution in [1.29, 1.82) is 0 Å². The Morgan fingerprint density at radius 3 is 2.68 bits per heavy atom. The zero-order valence-corrected chi connectivity index (χ0v) is 9.62. The number of ether oxygens (including phenoxy) is 1. The largest absolute Gasteiger partial charge is 0.486 e. The van der Waals surface area contributed by atoms with Gasteiger partial charge in [0.2, 0.25) is 0 Å². The molecule has 7 heteroatoms. The number of alkyl halides is 4. The molecule has 2 aromatic rings. The molecule has 1 heterocycles. The van der Waals surface area contributed by atoms with Crippen molar-refractivity contribution < 1.29 is 22.3 Å². The average Bonchev–Trinajstić information content (AvgIpc) is 2.35. The highest BCUT2D eigenvalue weighted by Crippen LogP contribution is 2.28. The van der Waals surface area contributed by atoms with E-state index in [4.69, 9.17) is 10.5 Å². The van der Waals surface area contributed by atoms with Crippen LogP contribution in [0.15, 0.2) is 30.5 Å². The van der Waals surface area contributed by atoms with Gasteiger partial charge in [0, 0.05) is 17.3 Å². The van der Waals surface area contributed by atoms with Crippen molar-refractivity contribution in [2.24, 2.45) is 0 Å². The maximum absolute atomic E-state index is 12.8. The van der Waals surface area contributed by atoms with E-state index in [1.165, 1.54) is 24.4 Å². The molecule has 0 bridgehead atoms. The molecule has 0 atom stereocenters. The van der Waals surface area contributed by atoms with E-state index in [1.54, 1.807) is 6.07 Å². The number of rotatable bonds is 4. The quantitative estimate of drug-likeness (QED) is 0.688. The number of aromatic nitrogens is 1. The molecule has 0 saturated heterocycles. The minimum Gasteiger partial charge on any atom is -0.486 e. The van der Waals surface area contributed by atoms with Crippen LogP contribution in [-0.4, -0.2) is 23.9 Å². The van der Waals surface area contributed by atoms with Gasteiger partial charge in [-0.2, -0.15) is 8.78 Å². The summed E-state index contributed by atoms with van der Waals surface area (Å²) in [6, 6.07) is 5.95. The van der Waals surface area contributed by atoms with Gasteiger partial charge >= 0.3 is 12.3 Å². The van der Waals surface area contributed by atoms with Crippen LogP contribution in [0.5, 0.6) is 5.75 Å². The van der Waals surface area contributed by atoms with Crippen LogP contribution in [0, 0.1) is 0 Å². The molecule has 19 heavy (non-hydrogen) atoms. The van der Waals surface area contributed by atoms with Crippen molar-refractivity contribution in [2.75, 3.05) is 12.3 Å². The highest BCUT2D eigenvalue weighted by molar-refractivity contribution is 5.87. The number of fused-ring (bicyclic) bond motifs is 1. The molecule has 2 N–H and O–H groups in total. The van der Waals surface area contributed by atoms with Gasteiger partial charge in [0.25, 0.3) is 0 Å². The van der Waals surface area contributed by atoms with Crippen LogP contribution in [0.3, 0.4) is 0 Å². The van der Waals surface area contributed by atoms with Crippen LogP contribution in [0.1, 0.15) is 0 Å². The molecule has 102 valence electrons. The molecule has 0 aliphatic rings. The van der Waals surface area contributed by atoms with Crippen LogP contribution in [-0.2, 0) is 0 Å². The van der Waals surface area contributed by atoms with Crippen LogP contribution >= 0.6 is 0 Å². The first-order chi connectivity index (χ1) is 8.90. The van der Waals surface area contributed by atoms with Crippen molar-refractivity contribution in [3.05, 3.63) is 30.5 Å². The molecule has 0 amide bonds. The average molecular weight is 274 g/mol. The Hall–Kier alpha value is -2.05. The van der Waals surface area contributed by atoms with Gasteiger partial charge in [-0.15, -0.1) is 0 Å². The zero-order valence-electron chi connectivity index (χ0n) is 9.62. The Balaban J connectivity index is 2.26. The lowest BCUT2D eigenvalue weighted by atomic mass is 10.2. The fraction of sp³-hybridized carbons (Fsp3) is 0.250. The minimum atomic E-state index is -4.19. The molecule has 1 aromatic heterocycles. The maximum Gasteiger partial charge on any atom is 0.340 e. The Labute approximate surface area is 106 Å². The Kier molecular flexibility index (Phi) is 3.46. The number of nitrogen functional groups attached to an aromatic ring is 1. The first-order valence-corrected chi connectivity index (χ1v) is 5.33. The topological polar surface area (TPSA) is 48.1 Å². The van der Waals surface area contributed by atoms with Crippen molar-refractivity contribution in [1.82, 2.24) is 4.98 Å². The van der Waals surface area contributed by atoms with Gasteiger partial charge in [-0.25, -0.2) is 8.78 Å². The molecule has 1 aromatic carbocycles. The predicted octanol–water partition coefficient (Wildman–Crippen LogP) is 3.10. The third-order valence-electron chi connectivity index (χ3n) is 2.47. The van der Waals surface area contributed by atoms with E-state index in [2.05, 4.69) is 4.98 Å². The highest BCUT2D eigenvalue weighted by Gasteiger charge is 2.41. The summed E-state index contributed by atoms with van der Waals surface area (Å²) in [7, 11) is 0. The third kappa shape index (κ3) is 2.86. The summed E-state index contributed by atoms with van der Waals surface area (Å²) in [4.78, 5) is 3.99. The number of anilines is 1. The van der Waals surface area contributed by atoms with Crippen molar-refractivity contribution in [3.63, 3.8) is 0 Å². The Bertz CT molecular complexity index is 589. The van der Waals surface area contributed by atoms with E-state index >= 15 is 0 Å². The summed E-state index contributed by atoms with van der Waals surface area (Å²) in [5, 5.41) is 0.432. The lowest BCUT2D eigenvalue weighted by Gasteiger charge is -2.16. The number of halogens is 4. The van der Waals surface area contributed by atoms with E-state index in [0.29, 0.717) is 16.6 Å². The van der Waals surface area contributed by atoms with Crippen LogP contribution in [0.2, 0.25) is 0 Å². The summed E-state index contributed by atoms with van der Waals surface area (Å²) >= 11 is 0. The molecule has 0 radical (unpaired) electrons. The predicted molar refractivity (Wildman–Crippen MR) is 62.6 cm³/mol. The van der Waals surface area contributed by atoms with E-state index in [-0.39, 0.29) is 5.75 Å². The van der Waals surface area contributed by atoms with Gasteiger partial charge in [0.1, 0.15) is 5.75 Å². The highest BCUT2D eigenvalue weighted by atomic mass is 19.3. The van der Waals surface area contributed by atoms with E-state index in [1.807, 2.05) is 0 Å². The summed E-state index contributed by atoms with van der Waals surface area (Å²) in [5.74, 6) is -4.13. The maximum atomic E-state index is 12.8. The van der Waals surface area contributed by atoms with Crippen LogP contribution < -0.4 is 10.5 Å². The molecule has 0 aliphatic carbocycles. The molecule has 0 saturated carbocycles. The van der Waals surface area contributed by atoms with Gasteiger partial charge in [0.15, 0.2) is 6.61 Å². The van der Waals surface area contributed by atoms with Gasteiger partial charge < -0.3 is 10.5 Å². The minimum absolute atomic E-state index is 0.0605. The van der Waals surface area contributed by atoms with Gasteiger partial charge in [-0.3, -0.25) is 4.98 Å². The molecule has 0 aliphatic heterocycles. The first kappa shape index (κ1) is 13.4. The van der Waals surface area contributed by atoms with Crippen LogP contribution in [0.25, 0.3) is 10.9 Å². The summed E-state index contributed by atoms with van der Waals surface area (Å²) < 4.78 is 54.4. The number of pyridine rings is 1. The second-order valence-electron chi connectivity index (χ2n) is 3.94. The molecule has 3 nitrogen and oxygen atoms in total. The lowest BCUT2D eigenvalue weighted by Crippen LogP contribution is -2.33. The molecule has 0 fully saturated rings. The Morgan fingerprint density at radius 2 is 2.00 bits per heavy atom. The van der Waals surface area contributed by atoms with E-state index in [0.717, 1.165) is 0 Å². The van der Waals surface area contributed by atoms with E-state index in [9.17, 15) is 17.6 Å². The summed E-state index contributed by atoms with van der Waals surface area (Å²) in [5.41, 5.74) is 6.45. The third-order valence-corrected chi connectivity index (χ3v) is 2.47. The standard InChI is InChI=1S/C12H10F4N2O/c13-11(14)12(15,16)6-19-10-3-4-18-9-5-7(17)1-2-8(9)10/h1-5,11H,6,17H2. The van der Waals surface area contributed by atoms with Crippen LogP contribution in [0.4, 0.5) is 23.2 Å². The second-order valence-corrected chi connectivity index (χ2v) is 3.94. The smallest absolute Gasteiger partial charge is 0.340 e. The number of nitrogens with zero attached hydrogens (tertiary/aromatic N) is 1. The number of benzene rings is 1. The monoisotopic (exact) mass is 274 g/mol. The molecular weight excluding hydrogens is 264 g/mol. The number of hydrogen-bond donors (Lipinski definition) is 1. The zero-order chi connectivity index (χ0) is 14.0. The second kappa shape index (κ2) is 4.91. The summed E-state index contributed by atoms with van der Waals surface area (Å²) in [6.07, 6.45) is -2.44. The number of hydrogen-bond acceptors (Lipinski definition) is 3. The normalized spacial score (nSPS) is 12.1. The van der Waals surface area contributed by atoms with Crippen molar-refractivity contribution in [2.45, 2.75) is 12.3 Å². The molecular formula is C12H10F4N2O. The first-order valence-electron chi connectivity index (χ1n) is 5.33.